The van der Waals surface area contributed by atoms with E-state index in [1.165, 1.54) is 0 Å². The first kappa shape index (κ1) is 17.5. The number of aliphatic hydroxyl groups excluding tert-OH is 1. The Hall–Kier alpha value is -2.34. The van der Waals surface area contributed by atoms with Gasteiger partial charge in [0.15, 0.2) is 0 Å². The minimum atomic E-state index is -0.273. The van der Waals surface area contributed by atoms with Gasteiger partial charge in [-0.15, -0.1) is 0 Å². The van der Waals surface area contributed by atoms with Crippen LogP contribution in [0.3, 0.4) is 0 Å². The molecule has 3 rings (SSSR count). The molecule has 1 fully saturated rings. The van der Waals surface area contributed by atoms with Gasteiger partial charge in [-0.1, -0.05) is 30.7 Å². The molecule has 6 nitrogen and oxygen atoms in total. The van der Waals surface area contributed by atoms with E-state index in [9.17, 15) is 9.90 Å². The average Bonchev–Trinajstić information content (AvgIpc) is 3.26. The van der Waals surface area contributed by atoms with Gasteiger partial charge in [-0.25, -0.2) is 4.79 Å². The van der Waals surface area contributed by atoms with Crippen molar-refractivity contribution in [3.8, 4) is 0 Å². The quantitative estimate of drug-likeness (QED) is 0.846. The van der Waals surface area contributed by atoms with Crippen LogP contribution in [0.25, 0.3) is 0 Å². The molecule has 2 atom stereocenters. The molecule has 0 radical (unpaired) electrons. The molecular formula is C19H26N4O2. The van der Waals surface area contributed by atoms with Crippen LogP contribution in [0.2, 0.25) is 0 Å². The Morgan fingerprint density at radius 2 is 2.12 bits per heavy atom. The Bertz CT molecular complexity index is 686. The van der Waals surface area contributed by atoms with Crippen molar-refractivity contribution in [2.24, 2.45) is 5.92 Å². The van der Waals surface area contributed by atoms with Crippen LogP contribution in [0.15, 0.2) is 42.7 Å². The van der Waals surface area contributed by atoms with Crippen LogP contribution in [0.5, 0.6) is 0 Å². The number of carbonyl (C=O) groups is 1. The Morgan fingerprint density at radius 3 is 2.80 bits per heavy atom. The first-order valence-corrected chi connectivity index (χ1v) is 8.84. The zero-order chi connectivity index (χ0) is 17.6. The predicted molar refractivity (Wildman–Crippen MR) is 96.0 cm³/mol. The smallest absolute Gasteiger partial charge is 0.317 e. The maximum Gasteiger partial charge on any atom is 0.317 e. The van der Waals surface area contributed by atoms with E-state index in [0.29, 0.717) is 19.6 Å². The lowest BCUT2D eigenvalue weighted by molar-refractivity contribution is 0.114. The van der Waals surface area contributed by atoms with E-state index in [1.54, 1.807) is 18.1 Å². The van der Waals surface area contributed by atoms with Gasteiger partial charge >= 0.3 is 6.03 Å². The molecule has 2 N–H and O–H groups in total. The van der Waals surface area contributed by atoms with Gasteiger partial charge in [0, 0.05) is 38.4 Å². The van der Waals surface area contributed by atoms with Gasteiger partial charge in [0.25, 0.3) is 0 Å². The molecule has 0 bridgehead atoms. The van der Waals surface area contributed by atoms with Crippen molar-refractivity contribution >= 4 is 6.03 Å². The molecule has 0 aliphatic heterocycles. The van der Waals surface area contributed by atoms with E-state index in [0.717, 1.165) is 30.4 Å². The van der Waals surface area contributed by atoms with Crippen molar-refractivity contribution in [3.63, 3.8) is 0 Å². The van der Waals surface area contributed by atoms with Crippen LogP contribution in [0.1, 0.15) is 30.4 Å². The van der Waals surface area contributed by atoms with Crippen molar-refractivity contribution in [1.29, 1.82) is 0 Å². The normalized spacial score (nSPS) is 19.8. The molecule has 1 saturated carbocycles. The number of benzene rings is 1. The first-order chi connectivity index (χ1) is 12.1. The van der Waals surface area contributed by atoms with Crippen molar-refractivity contribution in [1.82, 2.24) is 20.0 Å². The summed E-state index contributed by atoms with van der Waals surface area (Å²) in [6, 6.07) is 9.86. The lowest BCUT2D eigenvalue weighted by atomic mass is 10.1. The number of aliphatic hydroxyl groups is 1. The number of amides is 2. The molecule has 0 spiro atoms. The summed E-state index contributed by atoms with van der Waals surface area (Å²) in [5.41, 5.74) is 2.22. The van der Waals surface area contributed by atoms with Crippen molar-refractivity contribution in [2.45, 2.75) is 38.5 Å². The molecule has 1 aliphatic rings. The highest BCUT2D eigenvalue weighted by atomic mass is 16.3. The van der Waals surface area contributed by atoms with Gasteiger partial charge in [-0.05, 0) is 30.0 Å². The summed E-state index contributed by atoms with van der Waals surface area (Å²) in [5.74, 6) is 0.197. The number of urea groups is 1. The largest absolute Gasteiger partial charge is 0.393 e. The van der Waals surface area contributed by atoms with E-state index < -0.39 is 0 Å². The Kier molecular flexibility index (Phi) is 5.71. The summed E-state index contributed by atoms with van der Waals surface area (Å²) in [6.45, 7) is 1.76. The van der Waals surface area contributed by atoms with Crippen LogP contribution < -0.4 is 5.32 Å². The van der Waals surface area contributed by atoms with Crippen LogP contribution in [-0.4, -0.2) is 45.5 Å². The summed E-state index contributed by atoms with van der Waals surface area (Å²) in [6.07, 6.45) is 6.30. The summed E-state index contributed by atoms with van der Waals surface area (Å²) >= 11 is 0. The lowest BCUT2D eigenvalue weighted by Crippen LogP contribution is -2.41. The second-order valence-electron chi connectivity index (χ2n) is 6.77. The molecule has 2 unspecified atom stereocenters. The monoisotopic (exact) mass is 342 g/mol. The fourth-order valence-corrected chi connectivity index (χ4v) is 3.42. The van der Waals surface area contributed by atoms with Crippen LogP contribution in [0, 0.1) is 5.92 Å². The lowest BCUT2D eigenvalue weighted by Gasteiger charge is -2.23. The fourth-order valence-electron chi connectivity index (χ4n) is 3.42. The van der Waals surface area contributed by atoms with Gasteiger partial charge in [0.2, 0.25) is 0 Å². The third-order valence-electron chi connectivity index (χ3n) is 4.91. The fraction of sp³-hybridized carbons (Fsp3) is 0.474. The number of rotatable bonds is 6. The maximum absolute atomic E-state index is 12.4. The second kappa shape index (κ2) is 8.16. The molecule has 2 aromatic rings. The molecule has 134 valence electrons. The molecule has 2 amide bonds. The highest BCUT2D eigenvalue weighted by molar-refractivity contribution is 5.73. The molecule has 1 heterocycles. The summed E-state index contributed by atoms with van der Waals surface area (Å²) < 4.78 is 1.87. The highest BCUT2D eigenvalue weighted by Gasteiger charge is 2.27. The molecule has 25 heavy (non-hydrogen) atoms. The second-order valence-corrected chi connectivity index (χ2v) is 6.77. The van der Waals surface area contributed by atoms with E-state index in [4.69, 9.17) is 0 Å². The van der Waals surface area contributed by atoms with Gasteiger partial charge in [0.1, 0.15) is 0 Å². The van der Waals surface area contributed by atoms with E-state index in [2.05, 4.69) is 16.5 Å². The molecule has 1 aromatic carbocycles. The van der Waals surface area contributed by atoms with Crippen LogP contribution in [-0.2, 0) is 13.1 Å². The highest BCUT2D eigenvalue weighted by Crippen LogP contribution is 2.25. The minimum absolute atomic E-state index is 0.104. The topological polar surface area (TPSA) is 70.4 Å². The summed E-state index contributed by atoms with van der Waals surface area (Å²) in [5, 5.41) is 17.1. The number of nitrogens with one attached hydrogen (secondary N) is 1. The number of aromatic nitrogens is 2. The first-order valence-electron chi connectivity index (χ1n) is 8.84. The Labute approximate surface area is 148 Å². The average molecular weight is 342 g/mol. The number of hydrogen-bond acceptors (Lipinski definition) is 3. The molecule has 6 heteroatoms. The zero-order valence-electron chi connectivity index (χ0n) is 14.6. The third-order valence-corrected chi connectivity index (χ3v) is 4.91. The third kappa shape index (κ3) is 4.60. The summed E-state index contributed by atoms with van der Waals surface area (Å²) in [4.78, 5) is 14.0. The Balaban J connectivity index is 1.55. The summed E-state index contributed by atoms with van der Waals surface area (Å²) in [7, 11) is 1.79. The van der Waals surface area contributed by atoms with E-state index in [1.807, 2.05) is 35.1 Å². The van der Waals surface area contributed by atoms with Crippen LogP contribution >= 0.6 is 0 Å². The maximum atomic E-state index is 12.4. The number of nitrogens with zero attached hydrogens (tertiary/aromatic N) is 3. The van der Waals surface area contributed by atoms with Crippen LogP contribution in [0.4, 0.5) is 4.79 Å². The molecular weight excluding hydrogens is 316 g/mol. The molecule has 1 aromatic heterocycles. The molecule has 0 saturated heterocycles. The standard InChI is InChI=1S/C19H26N4O2/c1-22(13-17-8-4-9-18(17)24)19(25)20-12-15-6-2-3-7-16(15)14-23-11-5-10-21-23/h2-3,5-7,10-11,17-18,24H,4,8-9,12-14H2,1H3,(H,20,25). The van der Waals surface area contributed by atoms with Gasteiger partial charge in [-0.2, -0.15) is 5.10 Å². The Morgan fingerprint density at radius 1 is 1.32 bits per heavy atom. The van der Waals surface area contributed by atoms with E-state index >= 15 is 0 Å². The van der Waals surface area contributed by atoms with Crippen molar-refractivity contribution < 1.29 is 9.90 Å². The van der Waals surface area contributed by atoms with Crippen molar-refractivity contribution in [2.75, 3.05) is 13.6 Å². The van der Waals surface area contributed by atoms with Gasteiger partial charge in [-0.3, -0.25) is 4.68 Å². The zero-order valence-corrected chi connectivity index (χ0v) is 14.6. The molecule has 1 aliphatic carbocycles. The SMILES string of the molecule is CN(CC1CCCC1O)C(=O)NCc1ccccc1Cn1cccn1. The van der Waals surface area contributed by atoms with Crippen molar-refractivity contribution in [3.05, 3.63) is 53.9 Å². The van der Waals surface area contributed by atoms with Gasteiger partial charge < -0.3 is 15.3 Å². The number of carbonyl (C=O) groups excluding carboxylic acids is 1. The van der Waals surface area contributed by atoms with E-state index in [-0.39, 0.29) is 18.1 Å². The minimum Gasteiger partial charge on any atom is -0.393 e. The number of hydrogen-bond donors (Lipinski definition) is 2. The predicted octanol–water partition coefficient (Wildman–Crippen LogP) is 2.23. The van der Waals surface area contributed by atoms with Gasteiger partial charge in [0.05, 0.1) is 12.6 Å².